The molecule has 5 heteroatoms. The summed E-state index contributed by atoms with van der Waals surface area (Å²) < 4.78 is 18.4. The number of alkyl halides is 1. The molecule has 2 aliphatic rings. The standard InChI is InChI=1S/C20H22INO3/c21-17-16-13-24-20(25-16)19(23-12-15-9-5-2-6-10-15)18(17)22-11-14-7-3-1-4-8-14/h1-10,16-20,22H,11-13H2/t16-,17+,18-,19-,20-/m1/s1. The molecule has 2 aromatic rings. The highest BCUT2D eigenvalue weighted by molar-refractivity contribution is 14.1. The van der Waals surface area contributed by atoms with Crippen molar-refractivity contribution in [2.75, 3.05) is 6.61 Å². The van der Waals surface area contributed by atoms with E-state index in [1.54, 1.807) is 0 Å². The summed E-state index contributed by atoms with van der Waals surface area (Å²) in [6, 6.07) is 20.9. The van der Waals surface area contributed by atoms with E-state index >= 15 is 0 Å². The van der Waals surface area contributed by atoms with Gasteiger partial charge in [-0.05, 0) is 11.1 Å². The van der Waals surface area contributed by atoms with Gasteiger partial charge >= 0.3 is 0 Å². The first-order valence-corrected chi connectivity index (χ1v) is 9.90. The number of hydrogen-bond acceptors (Lipinski definition) is 4. The molecule has 2 bridgehead atoms. The highest BCUT2D eigenvalue weighted by atomic mass is 127. The number of fused-ring (bicyclic) bond motifs is 2. The second kappa shape index (κ2) is 8.14. The Labute approximate surface area is 162 Å². The average Bonchev–Trinajstić information content (AvgIpc) is 3.11. The van der Waals surface area contributed by atoms with Crippen LogP contribution in [0.3, 0.4) is 0 Å². The summed E-state index contributed by atoms with van der Waals surface area (Å²) in [5.74, 6) is 0. The van der Waals surface area contributed by atoms with Crippen molar-refractivity contribution in [3.05, 3.63) is 71.8 Å². The highest BCUT2D eigenvalue weighted by Crippen LogP contribution is 2.34. The quantitative estimate of drug-likeness (QED) is 0.541. The summed E-state index contributed by atoms with van der Waals surface area (Å²) in [7, 11) is 0. The molecule has 0 amide bonds. The van der Waals surface area contributed by atoms with Crippen LogP contribution in [-0.2, 0) is 27.4 Å². The van der Waals surface area contributed by atoms with Crippen molar-refractivity contribution < 1.29 is 14.2 Å². The molecule has 0 spiro atoms. The van der Waals surface area contributed by atoms with Crippen molar-refractivity contribution in [3.63, 3.8) is 0 Å². The maximum Gasteiger partial charge on any atom is 0.185 e. The van der Waals surface area contributed by atoms with Gasteiger partial charge in [0.05, 0.1) is 29.3 Å². The van der Waals surface area contributed by atoms with E-state index < -0.39 is 0 Å². The van der Waals surface area contributed by atoms with Crippen LogP contribution in [0.5, 0.6) is 0 Å². The normalized spacial score (nSPS) is 31.2. The number of hydrogen-bond donors (Lipinski definition) is 1. The molecule has 25 heavy (non-hydrogen) atoms. The van der Waals surface area contributed by atoms with Crippen LogP contribution >= 0.6 is 22.6 Å². The Bertz CT molecular complexity index is 626. The monoisotopic (exact) mass is 451 g/mol. The molecular formula is C20H22INO3. The maximum absolute atomic E-state index is 6.25. The third-order valence-electron chi connectivity index (χ3n) is 4.72. The lowest BCUT2D eigenvalue weighted by Crippen LogP contribution is -2.58. The molecule has 4 rings (SSSR count). The molecule has 1 N–H and O–H groups in total. The highest BCUT2D eigenvalue weighted by Gasteiger charge is 2.50. The third-order valence-corrected chi connectivity index (χ3v) is 6.30. The van der Waals surface area contributed by atoms with E-state index in [1.807, 2.05) is 24.3 Å². The second-order valence-electron chi connectivity index (χ2n) is 6.47. The summed E-state index contributed by atoms with van der Waals surface area (Å²) in [5.41, 5.74) is 2.43. The fraction of sp³-hybridized carbons (Fsp3) is 0.400. The summed E-state index contributed by atoms with van der Waals surface area (Å²) in [5, 5.41) is 3.68. The topological polar surface area (TPSA) is 39.7 Å². The summed E-state index contributed by atoms with van der Waals surface area (Å²) in [6.07, 6.45) is -0.270. The molecule has 132 valence electrons. The molecule has 4 nitrogen and oxygen atoms in total. The average molecular weight is 451 g/mol. The minimum absolute atomic E-state index is 0.121. The molecule has 2 aliphatic heterocycles. The molecule has 2 saturated heterocycles. The summed E-state index contributed by atoms with van der Waals surface area (Å²) >= 11 is 2.47. The predicted molar refractivity (Wildman–Crippen MR) is 105 cm³/mol. The Kier molecular flexibility index (Phi) is 5.67. The van der Waals surface area contributed by atoms with Crippen LogP contribution in [0.2, 0.25) is 0 Å². The molecular weight excluding hydrogens is 429 g/mol. The van der Waals surface area contributed by atoms with Crippen molar-refractivity contribution >= 4 is 22.6 Å². The fourth-order valence-electron chi connectivity index (χ4n) is 3.37. The van der Waals surface area contributed by atoms with Crippen LogP contribution in [0.1, 0.15) is 11.1 Å². The van der Waals surface area contributed by atoms with Crippen LogP contribution in [0.4, 0.5) is 0 Å². The first-order chi connectivity index (χ1) is 12.3. The Morgan fingerprint density at radius 2 is 1.68 bits per heavy atom. The maximum atomic E-state index is 6.25. The molecule has 0 aliphatic carbocycles. The lowest BCUT2D eigenvalue weighted by atomic mass is 10.0. The van der Waals surface area contributed by atoms with Crippen LogP contribution in [0.15, 0.2) is 60.7 Å². The zero-order valence-electron chi connectivity index (χ0n) is 13.9. The number of nitrogens with one attached hydrogen (secondary N) is 1. The van der Waals surface area contributed by atoms with Gasteiger partial charge in [-0.3, -0.25) is 0 Å². The molecule has 0 unspecified atom stereocenters. The summed E-state index contributed by atoms with van der Waals surface area (Å²) in [6.45, 7) is 2.02. The van der Waals surface area contributed by atoms with Gasteiger partial charge in [-0.2, -0.15) is 0 Å². The van der Waals surface area contributed by atoms with E-state index in [0.29, 0.717) is 17.1 Å². The Morgan fingerprint density at radius 3 is 2.40 bits per heavy atom. The molecule has 2 heterocycles. The zero-order valence-corrected chi connectivity index (χ0v) is 16.0. The minimum atomic E-state index is -0.284. The smallest absolute Gasteiger partial charge is 0.185 e. The lowest BCUT2D eigenvalue weighted by molar-refractivity contribution is -0.184. The first-order valence-electron chi connectivity index (χ1n) is 8.65. The van der Waals surface area contributed by atoms with E-state index in [1.165, 1.54) is 5.56 Å². The van der Waals surface area contributed by atoms with Gasteiger partial charge in [0.1, 0.15) is 6.10 Å². The lowest BCUT2D eigenvalue weighted by Gasteiger charge is -2.39. The third kappa shape index (κ3) is 4.06. The molecule has 5 atom stereocenters. The zero-order chi connectivity index (χ0) is 17.1. The number of rotatable bonds is 6. The number of ether oxygens (including phenoxy) is 3. The van der Waals surface area contributed by atoms with E-state index in [2.05, 4.69) is 64.3 Å². The van der Waals surface area contributed by atoms with Gasteiger partial charge in [-0.1, -0.05) is 83.3 Å². The van der Waals surface area contributed by atoms with E-state index in [4.69, 9.17) is 14.2 Å². The van der Waals surface area contributed by atoms with E-state index in [-0.39, 0.29) is 24.5 Å². The second-order valence-corrected chi connectivity index (χ2v) is 7.91. The van der Waals surface area contributed by atoms with Crippen LogP contribution < -0.4 is 5.32 Å². The Balaban J connectivity index is 1.45. The van der Waals surface area contributed by atoms with Gasteiger partial charge in [-0.25, -0.2) is 0 Å². The molecule has 2 aromatic carbocycles. The van der Waals surface area contributed by atoms with E-state index in [0.717, 1.165) is 12.1 Å². The van der Waals surface area contributed by atoms with Crippen LogP contribution in [-0.4, -0.2) is 35.1 Å². The molecule has 2 fully saturated rings. The molecule has 0 saturated carbocycles. The number of benzene rings is 2. The molecule has 0 aromatic heterocycles. The summed E-state index contributed by atoms with van der Waals surface area (Å²) in [4.78, 5) is 0. The van der Waals surface area contributed by atoms with Gasteiger partial charge < -0.3 is 19.5 Å². The van der Waals surface area contributed by atoms with Crippen LogP contribution in [0.25, 0.3) is 0 Å². The van der Waals surface area contributed by atoms with Crippen molar-refractivity contribution in [2.45, 2.75) is 41.6 Å². The van der Waals surface area contributed by atoms with Gasteiger partial charge in [0.25, 0.3) is 0 Å². The van der Waals surface area contributed by atoms with Crippen molar-refractivity contribution in [2.24, 2.45) is 0 Å². The largest absolute Gasteiger partial charge is 0.367 e. The van der Waals surface area contributed by atoms with Gasteiger partial charge in [0, 0.05) is 6.54 Å². The first kappa shape index (κ1) is 17.4. The fourth-order valence-corrected chi connectivity index (χ4v) is 4.41. The van der Waals surface area contributed by atoms with Gasteiger partial charge in [-0.15, -0.1) is 0 Å². The van der Waals surface area contributed by atoms with Crippen molar-refractivity contribution in [1.29, 1.82) is 0 Å². The number of halogens is 1. The van der Waals surface area contributed by atoms with Gasteiger partial charge in [0.15, 0.2) is 6.29 Å². The van der Waals surface area contributed by atoms with Crippen molar-refractivity contribution in [1.82, 2.24) is 5.32 Å². The van der Waals surface area contributed by atoms with Crippen LogP contribution in [0, 0.1) is 0 Å². The Hall–Kier alpha value is -0.990. The molecule has 0 radical (unpaired) electrons. The Morgan fingerprint density at radius 1 is 1.00 bits per heavy atom. The van der Waals surface area contributed by atoms with Crippen molar-refractivity contribution in [3.8, 4) is 0 Å². The predicted octanol–water partition coefficient (Wildman–Crippen LogP) is 3.29. The SMILES string of the molecule is I[C@@H]1[C@@H](NCc2ccccc2)[C@@H](OCc2ccccc2)[C@@H]2OC[C@H]1O2. The van der Waals surface area contributed by atoms with E-state index in [9.17, 15) is 0 Å². The minimum Gasteiger partial charge on any atom is -0.367 e. The van der Waals surface area contributed by atoms with Gasteiger partial charge in [0.2, 0.25) is 0 Å².